The fraction of sp³-hybridized carbons (Fsp3) is 1.00. The van der Waals surface area contributed by atoms with Crippen molar-refractivity contribution in [3.05, 3.63) is 0 Å². The molecule has 0 aromatic heterocycles. The molecule has 0 N–H and O–H groups in total. The first-order valence-corrected chi connectivity index (χ1v) is 5.96. The Labute approximate surface area is 84.9 Å². The molecule has 1 fully saturated rings. The quantitative estimate of drug-likeness (QED) is 0.500. The van der Waals surface area contributed by atoms with Crippen LogP contribution in [0.3, 0.4) is 0 Å². The van der Waals surface area contributed by atoms with Crippen LogP contribution in [0.5, 0.6) is 0 Å². The van der Waals surface area contributed by atoms with Crippen LogP contribution in [0.2, 0.25) is 5.31 Å². The van der Waals surface area contributed by atoms with Gasteiger partial charge in [0, 0.05) is 0 Å². The van der Waals surface area contributed by atoms with Crippen LogP contribution in [0.1, 0.15) is 65.7 Å². The lowest BCUT2D eigenvalue weighted by molar-refractivity contribution is 0.213. The third kappa shape index (κ3) is 2.75. The van der Waals surface area contributed by atoms with E-state index >= 15 is 0 Å². The Morgan fingerprint density at radius 2 is 1.23 bits per heavy atom. The normalized spacial score (nSPS) is 24.8. The van der Waals surface area contributed by atoms with Gasteiger partial charge in [-0.1, -0.05) is 71.0 Å². The zero-order valence-electron chi connectivity index (χ0n) is 9.95. The largest absolute Gasteiger partial charge is 0.110 e. The standard InChI is InChI=1S/C12H25B/c1-11(2,3)12(13)9-7-5-4-6-8-10-12/h4-10,13H2,1-3H3. The highest BCUT2D eigenvalue weighted by molar-refractivity contribution is 6.15. The molecule has 0 nitrogen and oxygen atoms in total. The minimum absolute atomic E-state index is 0.490. The summed E-state index contributed by atoms with van der Waals surface area (Å²) < 4.78 is 0. The Morgan fingerprint density at radius 1 is 0.846 bits per heavy atom. The molecule has 0 unspecified atom stereocenters. The van der Waals surface area contributed by atoms with Crippen molar-refractivity contribution in [1.29, 1.82) is 0 Å². The molecule has 1 heteroatoms. The molecule has 0 heterocycles. The molecule has 76 valence electrons. The van der Waals surface area contributed by atoms with Gasteiger partial charge in [-0.15, -0.1) is 0 Å². The summed E-state index contributed by atoms with van der Waals surface area (Å²) in [7, 11) is 2.50. The van der Waals surface area contributed by atoms with Crippen LogP contribution < -0.4 is 0 Å². The summed E-state index contributed by atoms with van der Waals surface area (Å²) in [5.41, 5.74) is 0.490. The molecule has 0 atom stereocenters. The fourth-order valence-corrected chi connectivity index (χ4v) is 2.44. The van der Waals surface area contributed by atoms with Crippen LogP contribution in [0.25, 0.3) is 0 Å². The monoisotopic (exact) mass is 180 g/mol. The molecular formula is C12H25B. The van der Waals surface area contributed by atoms with E-state index in [1.165, 1.54) is 44.9 Å². The molecule has 0 amide bonds. The molecule has 0 bridgehead atoms. The van der Waals surface area contributed by atoms with E-state index in [-0.39, 0.29) is 0 Å². The van der Waals surface area contributed by atoms with Gasteiger partial charge in [0.25, 0.3) is 0 Å². The second kappa shape index (κ2) is 4.06. The molecule has 0 aromatic carbocycles. The third-order valence-corrected chi connectivity index (χ3v) is 4.27. The van der Waals surface area contributed by atoms with Crippen LogP contribution in [0.4, 0.5) is 0 Å². The van der Waals surface area contributed by atoms with Gasteiger partial charge in [-0.3, -0.25) is 0 Å². The Balaban J connectivity index is 2.62. The lowest BCUT2D eigenvalue weighted by Crippen LogP contribution is -2.30. The molecule has 0 saturated heterocycles. The summed E-state index contributed by atoms with van der Waals surface area (Å²) in [5.74, 6) is 0. The van der Waals surface area contributed by atoms with E-state index in [0.29, 0.717) is 10.7 Å². The van der Waals surface area contributed by atoms with Crippen LogP contribution in [-0.4, -0.2) is 7.85 Å². The highest BCUT2D eigenvalue weighted by Gasteiger charge is 2.36. The van der Waals surface area contributed by atoms with E-state index in [9.17, 15) is 0 Å². The molecule has 1 aliphatic carbocycles. The van der Waals surface area contributed by atoms with Crippen molar-refractivity contribution in [3.63, 3.8) is 0 Å². The van der Waals surface area contributed by atoms with E-state index < -0.39 is 0 Å². The average molecular weight is 180 g/mol. The first-order valence-electron chi connectivity index (χ1n) is 5.96. The summed E-state index contributed by atoms with van der Waals surface area (Å²) >= 11 is 0. The average Bonchev–Trinajstić information content (AvgIpc) is 1.94. The highest BCUT2D eigenvalue weighted by atomic mass is 14.4. The summed E-state index contributed by atoms with van der Waals surface area (Å²) in [5, 5.41) is 0.591. The van der Waals surface area contributed by atoms with Gasteiger partial charge in [0.15, 0.2) is 0 Å². The lowest BCUT2D eigenvalue weighted by atomic mass is 9.50. The minimum atomic E-state index is 0.490. The first kappa shape index (κ1) is 11.1. The Morgan fingerprint density at radius 3 is 1.62 bits per heavy atom. The number of rotatable bonds is 0. The third-order valence-electron chi connectivity index (χ3n) is 4.27. The van der Waals surface area contributed by atoms with Crippen molar-refractivity contribution in [1.82, 2.24) is 0 Å². The van der Waals surface area contributed by atoms with Crippen molar-refractivity contribution in [2.24, 2.45) is 5.41 Å². The minimum Gasteiger partial charge on any atom is -0.0603 e. The summed E-state index contributed by atoms with van der Waals surface area (Å²) in [6.45, 7) is 7.23. The van der Waals surface area contributed by atoms with Gasteiger partial charge in [-0.25, -0.2) is 0 Å². The molecule has 0 aliphatic heterocycles. The van der Waals surface area contributed by atoms with E-state index in [4.69, 9.17) is 0 Å². The van der Waals surface area contributed by atoms with Crippen LogP contribution in [0, 0.1) is 5.41 Å². The van der Waals surface area contributed by atoms with Crippen molar-refractivity contribution in [2.75, 3.05) is 0 Å². The van der Waals surface area contributed by atoms with Crippen LogP contribution >= 0.6 is 0 Å². The summed E-state index contributed by atoms with van der Waals surface area (Å²) in [6, 6.07) is 0. The van der Waals surface area contributed by atoms with Gasteiger partial charge in [-0.05, 0) is 5.41 Å². The molecule has 1 saturated carbocycles. The van der Waals surface area contributed by atoms with Gasteiger partial charge in [0.1, 0.15) is 7.85 Å². The van der Waals surface area contributed by atoms with Gasteiger partial charge in [-0.2, -0.15) is 0 Å². The SMILES string of the molecule is BC1(C(C)(C)C)CCCCCCC1. The van der Waals surface area contributed by atoms with E-state index in [1.807, 2.05) is 0 Å². The van der Waals surface area contributed by atoms with E-state index in [2.05, 4.69) is 28.6 Å². The van der Waals surface area contributed by atoms with Crippen molar-refractivity contribution in [2.45, 2.75) is 71.0 Å². The molecule has 13 heavy (non-hydrogen) atoms. The molecule has 0 spiro atoms. The van der Waals surface area contributed by atoms with Crippen molar-refractivity contribution < 1.29 is 0 Å². The highest BCUT2D eigenvalue weighted by Crippen LogP contribution is 2.51. The molecule has 1 aliphatic rings. The smallest absolute Gasteiger partial charge is 0.0603 e. The summed E-state index contributed by atoms with van der Waals surface area (Å²) in [4.78, 5) is 0. The Hall–Kier alpha value is 0.0649. The topological polar surface area (TPSA) is 0 Å². The molecule has 0 radical (unpaired) electrons. The zero-order chi connectivity index (χ0) is 9.95. The second-order valence-electron chi connectivity index (χ2n) is 6.08. The van der Waals surface area contributed by atoms with E-state index in [1.54, 1.807) is 0 Å². The number of hydrogen-bond donors (Lipinski definition) is 0. The van der Waals surface area contributed by atoms with Crippen molar-refractivity contribution >= 4 is 7.85 Å². The maximum atomic E-state index is 2.50. The maximum absolute atomic E-state index is 2.50. The summed E-state index contributed by atoms with van der Waals surface area (Å²) in [6.07, 6.45) is 10.2. The predicted octanol–water partition coefficient (Wildman–Crippen LogP) is 3.57. The zero-order valence-corrected chi connectivity index (χ0v) is 9.95. The molecular weight excluding hydrogens is 155 g/mol. The first-order chi connectivity index (χ1) is 5.96. The lowest BCUT2D eigenvalue weighted by Gasteiger charge is -2.43. The number of hydrogen-bond acceptors (Lipinski definition) is 0. The Bertz CT molecular complexity index is 147. The molecule has 0 aromatic rings. The fourth-order valence-electron chi connectivity index (χ4n) is 2.44. The van der Waals surface area contributed by atoms with Gasteiger partial charge < -0.3 is 0 Å². The molecule has 1 rings (SSSR count). The van der Waals surface area contributed by atoms with Gasteiger partial charge >= 0.3 is 0 Å². The van der Waals surface area contributed by atoms with E-state index in [0.717, 1.165) is 0 Å². The Kier molecular flexibility index (Phi) is 3.48. The predicted molar refractivity (Wildman–Crippen MR) is 63.0 cm³/mol. The van der Waals surface area contributed by atoms with Gasteiger partial charge in [0.2, 0.25) is 0 Å². The van der Waals surface area contributed by atoms with Crippen LogP contribution in [0.15, 0.2) is 0 Å². The van der Waals surface area contributed by atoms with Crippen molar-refractivity contribution in [3.8, 4) is 0 Å². The maximum Gasteiger partial charge on any atom is 0.110 e. The van der Waals surface area contributed by atoms with Gasteiger partial charge in [0.05, 0.1) is 0 Å². The van der Waals surface area contributed by atoms with Crippen LogP contribution in [-0.2, 0) is 0 Å². The second-order valence-corrected chi connectivity index (χ2v) is 6.08.